The molecule has 0 amide bonds. The first-order valence-corrected chi connectivity index (χ1v) is 5.25. The van der Waals surface area contributed by atoms with Crippen molar-refractivity contribution in [1.82, 2.24) is 9.97 Å². The molecule has 0 saturated heterocycles. The van der Waals surface area contributed by atoms with Crippen LogP contribution in [0.3, 0.4) is 0 Å². The fourth-order valence-electron chi connectivity index (χ4n) is 1.63. The summed E-state index contributed by atoms with van der Waals surface area (Å²) in [4.78, 5) is 17.6. The van der Waals surface area contributed by atoms with Gasteiger partial charge in [-0.25, -0.2) is 4.98 Å². The summed E-state index contributed by atoms with van der Waals surface area (Å²) in [6.45, 7) is 0. The predicted octanol–water partition coefficient (Wildman–Crippen LogP) is 0.793. The van der Waals surface area contributed by atoms with Crippen LogP contribution >= 0.6 is 0 Å². The molecule has 0 fully saturated rings. The highest BCUT2D eigenvalue weighted by Gasteiger charge is 2.19. The van der Waals surface area contributed by atoms with E-state index >= 15 is 0 Å². The lowest BCUT2D eigenvalue weighted by atomic mass is 10.1. The van der Waals surface area contributed by atoms with Gasteiger partial charge in [0, 0.05) is 12.1 Å². The van der Waals surface area contributed by atoms with Crippen molar-refractivity contribution in [3.8, 4) is 23.1 Å². The van der Waals surface area contributed by atoms with Crippen LogP contribution in [0.2, 0.25) is 0 Å². The number of benzene rings is 1. The number of nitrogens with zero attached hydrogens (tertiary/aromatic N) is 4. The fraction of sp³-hybridized carbons (Fsp3) is 0. The van der Waals surface area contributed by atoms with Crippen LogP contribution in [-0.2, 0) is 0 Å². The number of nitrogen functional groups attached to an aromatic ring is 2. The molecular weight excluding hydrogens is 264 g/mol. The van der Waals surface area contributed by atoms with Gasteiger partial charge in [-0.2, -0.15) is 10.2 Å². The Hall–Kier alpha value is -3.41. The number of aromatic hydroxyl groups is 1. The van der Waals surface area contributed by atoms with Crippen LogP contribution in [0.1, 0.15) is 5.56 Å². The number of nitrogens with two attached hydrogens (primary N) is 2. The molecule has 9 nitrogen and oxygen atoms in total. The number of anilines is 2. The number of phenolic OH excluding ortho intramolecular Hbond substituents is 1. The molecule has 0 aliphatic carbocycles. The predicted molar refractivity (Wildman–Crippen MR) is 69.3 cm³/mol. The molecule has 1 aromatic heterocycles. The lowest BCUT2D eigenvalue weighted by Crippen LogP contribution is -2.05. The molecule has 0 radical (unpaired) electrons. The van der Waals surface area contributed by atoms with Crippen LogP contribution in [0.4, 0.5) is 17.5 Å². The van der Waals surface area contributed by atoms with Crippen molar-refractivity contribution in [2.45, 2.75) is 0 Å². The second-order valence-corrected chi connectivity index (χ2v) is 3.76. The third kappa shape index (κ3) is 2.13. The van der Waals surface area contributed by atoms with Crippen molar-refractivity contribution in [1.29, 1.82) is 5.26 Å². The zero-order chi connectivity index (χ0) is 14.9. The Morgan fingerprint density at radius 2 is 2.05 bits per heavy atom. The Labute approximate surface area is 112 Å². The minimum atomic E-state index is -0.636. The summed E-state index contributed by atoms with van der Waals surface area (Å²) in [5.74, 6) is -0.659. The molecule has 0 bridgehead atoms. The van der Waals surface area contributed by atoms with E-state index in [9.17, 15) is 15.2 Å². The maximum Gasteiger partial charge on any atom is 0.270 e. The quantitative estimate of drug-likeness (QED) is 0.533. The summed E-state index contributed by atoms with van der Waals surface area (Å²) in [5.41, 5.74) is 10.5. The Balaban J connectivity index is 2.77. The fourth-order valence-corrected chi connectivity index (χ4v) is 1.63. The number of nitriles is 1. The molecule has 0 aliphatic rings. The lowest BCUT2D eigenvalue weighted by Gasteiger charge is -2.08. The minimum absolute atomic E-state index is 0.0171. The van der Waals surface area contributed by atoms with Crippen LogP contribution in [0, 0.1) is 21.4 Å². The molecule has 0 aliphatic heterocycles. The van der Waals surface area contributed by atoms with Crippen molar-refractivity contribution in [3.63, 3.8) is 0 Å². The van der Waals surface area contributed by atoms with Gasteiger partial charge in [0.15, 0.2) is 0 Å². The molecular formula is C11H8N6O3. The van der Waals surface area contributed by atoms with E-state index in [1.165, 1.54) is 0 Å². The standard InChI is InChI=1S/C11H8N6O3/c12-4-7-9(15-11(14)16-10(7)13)6-3-5(17(19)20)1-2-8(6)18/h1-3,18H,(H4,13,14,15,16). The largest absolute Gasteiger partial charge is 0.507 e. The van der Waals surface area contributed by atoms with Crippen molar-refractivity contribution >= 4 is 17.5 Å². The molecule has 1 aromatic carbocycles. The van der Waals surface area contributed by atoms with E-state index in [1.54, 1.807) is 6.07 Å². The summed E-state index contributed by atoms with van der Waals surface area (Å²) in [6.07, 6.45) is 0. The van der Waals surface area contributed by atoms with Crippen molar-refractivity contribution in [3.05, 3.63) is 33.9 Å². The first kappa shape index (κ1) is 13.0. The van der Waals surface area contributed by atoms with E-state index in [1.807, 2.05) is 0 Å². The minimum Gasteiger partial charge on any atom is -0.507 e. The van der Waals surface area contributed by atoms with Gasteiger partial charge < -0.3 is 16.6 Å². The van der Waals surface area contributed by atoms with Gasteiger partial charge in [-0.3, -0.25) is 10.1 Å². The van der Waals surface area contributed by atoms with Crippen LogP contribution in [0.25, 0.3) is 11.3 Å². The van der Waals surface area contributed by atoms with Crippen LogP contribution < -0.4 is 11.5 Å². The molecule has 20 heavy (non-hydrogen) atoms. The van der Waals surface area contributed by atoms with Crippen LogP contribution in [-0.4, -0.2) is 20.0 Å². The number of hydrogen-bond donors (Lipinski definition) is 3. The van der Waals surface area contributed by atoms with Gasteiger partial charge in [-0.1, -0.05) is 0 Å². The molecule has 2 aromatic rings. The normalized spacial score (nSPS) is 9.95. The van der Waals surface area contributed by atoms with E-state index in [0.29, 0.717) is 0 Å². The molecule has 0 unspecified atom stereocenters. The molecule has 100 valence electrons. The van der Waals surface area contributed by atoms with Crippen molar-refractivity contribution in [2.24, 2.45) is 0 Å². The SMILES string of the molecule is N#Cc1c(N)nc(N)nc1-c1cc([N+](=O)[O-])ccc1O. The number of non-ortho nitro benzene ring substituents is 1. The zero-order valence-electron chi connectivity index (χ0n) is 9.94. The van der Waals surface area contributed by atoms with Gasteiger partial charge in [0.05, 0.1) is 16.2 Å². The lowest BCUT2D eigenvalue weighted by molar-refractivity contribution is -0.384. The monoisotopic (exact) mass is 272 g/mol. The molecule has 2 rings (SSSR count). The molecule has 5 N–H and O–H groups in total. The van der Waals surface area contributed by atoms with Gasteiger partial charge in [0.2, 0.25) is 5.95 Å². The summed E-state index contributed by atoms with van der Waals surface area (Å²) in [7, 11) is 0. The molecule has 0 spiro atoms. The summed E-state index contributed by atoms with van der Waals surface area (Å²) >= 11 is 0. The Bertz CT molecular complexity index is 753. The number of rotatable bonds is 2. The van der Waals surface area contributed by atoms with Gasteiger partial charge >= 0.3 is 0 Å². The third-order valence-corrected chi connectivity index (χ3v) is 2.51. The highest BCUT2D eigenvalue weighted by molar-refractivity contribution is 5.78. The Morgan fingerprint density at radius 1 is 1.35 bits per heavy atom. The molecule has 9 heteroatoms. The topological polar surface area (TPSA) is 165 Å². The van der Waals surface area contributed by atoms with Crippen LogP contribution in [0.5, 0.6) is 5.75 Å². The first-order chi connectivity index (χ1) is 9.43. The van der Waals surface area contributed by atoms with Crippen LogP contribution in [0.15, 0.2) is 18.2 Å². The highest BCUT2D eigenvalue weighted by atomic mass is 16.6. The second kappa shape index (κ2) is 4.69. The number of phenols is 1. The van der Waals surface area contributed by atoms with E-state index in [2.05, 4.69) is 9.97 Å². The average molecular weight is 272 g/mol. The smallest absolute Gasteiger partial charge is 0.270 e. The maximum atomic E-state index is 10.8. The second-order valence-electron chi connectivity index (χ2n) is 3.76. The van der Waals surface area contributed by atoms with Gasteiger partial charge in [-0.15, -0.1) is 0 Å². The summed E-state index contributed by atoms with van der Waals surface area (Å²) in [6, 6.07) is 5.11. The average Bonchev–Trinajstić information content (AvgIpc) is 2.38. The van der Waals surface area contributed by atoms with Crippen molar-refractivity contribution < 1.29 is 10.0 Å². The number of nitro benzene ring substituents is 1. The number of aromatic nitrogens is 2. The van der Waals surface area contributed by atoms with E-state index in [-0.39, 0.29) is 40.0 Å². The van der Waals surface area contributed by atoms with Gasteiger partial charge in [0.1, 0.15) is 23.2 Å². The van der Waals surface area contributed by atoms with Gasteiger partial charge in [-0.05, 0) is 6.07 Å². The van der Waals surface area contributed by atoms with Crippen molar-refractivity contribution in [2.75, 3.05) is 11.5 Å². The molecule has 1 heterocycles. The molecule has 0 atom stereocenters. The number of nitro groups is 1. The number of hydrogen-bond acceptors (Lipinski definition) is 8. The summed E-state index contributed by atoms with van der Waals surface area (Å²) < 4.78 is 0. The van der Waals surface area contributed by atoms with Gasteiger partial charge in [0.25, 0.3) is 5.69 Å². The Morgan fingerprint density at radius 3 is 2.65 bits per heavy atom. The Kier molecular flexibility index (Phi) is 3.06. The highest BCUT2D eigenvalue weighted by Crippen LogP contribution is 2.34. The summed E-state index contributed by atoms with van der Waals surface area (Å²) in [5, 5.41) is 29.6. The zero-order valence-corrected chi connectivity index (χ0v) is 9.94. The van der Waals surface area contributed by atoms with E-state index < -0.39 is 4.92 Å². The maximum absolute atomic E-state index is 10.8. The first-order valence-electron chi connectivity index (χ1n) is 5.25. The van der Waals surface area contributed by atoms with E-state index in [0.717, 1.165) is 18.2 Å². The third-order valence-electron chi connectivity index (χ3n) is 2.51. The molecule has 0 saturated carbocycles. The van der Waals surface area contributed by atoms with E-state index in [4.69, 9.17) is 16.7 Å².